The van der Waals surface area contributed by atoms with E-state index in [-0.39, 0.29) is 6.04 Å². The van der Waals surface area contributed by atoms with E-state index in [1.807, 2.05) is 79.9 Å². The molecule has 1 atom stereocenters. The first kappa shape index (κ1) is 18.5. The van der Waals surface area contributed by atoms with Gasteiger partial charge in [-0.15, -0.1) is 0 Å². The summed E-state index contributed by atoms with van der Waals surface area (Å²) in [7, 11) is 0. The van der Waals surface area contributed by atoms with Crippen LogP contribution in [0.25, 0.3) is 0 Å². The van der Waals surface area contributed by atoms with E-state index in [1.165, 1.54) is 0 Å². The minimum absolute atomic E-state index is 0.0614. The van der Waals surface area contributed by atoms with Gasteiger partial charge in [0.25, 0.3) is 0 Å². The topological polar surface area (TPSA) is 21.6 Å². The van der Waals surface area contributed by atoms with Gasteiger partial charge in [-0.2, -0.15) is 0 Å². The van der Waals surface area contributed by atoms with Crippen LogP contribution in [-0.2, 0) is 6.61 Å². The molecular weight excluding hydrogens is 365 g/mol. The van der Waals surface area contributed by atoms with Crippen molar-refractivity contribution in [3.8, 4) is 5.75 Å². The Morgan fingerprint density at radius 2 is 1.77 bits per heavy atom. The van der Waals surface area contributed by atoms with Crippen molar-refractivity contribution in [3.63, 3.8) is 0 Å². The maximum absolute atomic E-state index is 6.25. The van der Waals surface area contributed by atoms with Crippen LogP contribution in [-0.4, -0.2) is 6.21 Å². The number of ether oxygens (including phenoxy) is 1. The van der Waals surface area contributed by atoms with Crippen LogP contribution < -0.4 is 4.74 Å². The lowest BCUT2D eigenvalue weighted by molar-refractivity contribution is 0.306. The Labute approximate surface area is 164 Å². The molecule has 0 fully saturated rings. The van der Waals surface area contributed by atoms with Gasteiger partial charge >= 0.3 is 0 Å². The highest BCUT2D eigenvalue weighted by atomic mass is 35.5. The monoisotopic (exact) mass is 383 g/mol. The second-order valence-electron chi connectivity index (χ2n) is 5.97. The van der Waals surface area contributed by atoms with Crippen molar-refractivity contribution in [1.82, 2.24) is 0 Å². The molecule has 0 aliphatic carbocycles. The third kappa shape index (κ3) is 5.10. The van der Waals surface area contributed by atoms with Crippen molar-refractivity contribution < 1.29 is 4.74 Å². The van der Waals surface area contributed by atoms with Crippen LogP contribution in [0.5, 0.6) is 5.75 Å². The van der Waals surface area contributed by atoms with Gasteiger partial charge in [0, 0.05) is 16.3 Å². The highest BCUT2D eigenvalue weighted by molar-refractivity contribution is 6.35. The summed E-state index contributed by atoms with van der Waals surface area (Å²) in [5, 5.41) is 1.25. The number of hydrogen-bond acceptors (Lipinski definition) is 2. The quantitative estimate of drug-likeness (QED) is 0.431. The Bertz CT molecular complexity index is 894. The second kappa shape index (κ2) is 8.88. The molecule has 132 valence electrons. The first-order chi connectivity index (χ1) is 12.6. The highest BCUT2D eigenvalue weighted by Gasteiger charge is 2.08. The van der Waals surface area contributed by atoms with Crippen molar-refractivity contribution >= 4 is 29.4 Å². The van der Waals surface area contributed by atoms with Crippen LogP contribution in [0.3, 0.4) is 0 Å². The fourth-order valence-electron chi connectivity index (χ4n) is 2.54. The predicted molar refractivity (Wildman–Crippen MR) is 110 cm³/mol. The van der Waals surface area contributed by atoms with Crippen LogP contribution in [0, 0.1) is 0 Å². The fraction of sp³-hybridized carbons (Fsp3) is 0.136. The van der Waals surface area contributed by atoms with Gasteiger partial charge in [-0.05, 0) is 47.9 Å². The minimum atomic E-state index is -0.0614. The third-order valence-corrected chi connectivity index (χ3v) is 4.53. The molecule has 3 aromatic carbocycles. The molecule has 0 heterocycles. The molecule has 0 aliphatic rings. The summed E-state index contributed by atoms with van der Waals surface area (Å²) in [6.45, 7) is 2.54. The van der Waals surface area contributed by atoms with E-state index in [1.54, 1.807) is 6.07 Å². The number of nitrogens with zero attached hydrogens (tertiary/aromatic N) is 1. The standard InChI is InChI=1S/C22H19Cl2NO/c1-16(21-11-10-19(23)13-22(21)24)25-14-18-8-5-9-20(12-18)26-15-17-6-3-2-4-7-17/h2-14,16H,15H2,1H3/b25-14+. The second-order valence-corrected chi connectivity index (χ2v) is 6.81. The summed E-state index contributed by atoms with van der Waals surface area (Å²) in [5.41, 5.74) is 3.06. The summed E-state index contributed by atoms with van der Waals surface area (Å²) in [6.07, 6.45) is 1.84. The largest absolute Gasteiger partial charge is 0.489 e. The Morgan fingerprint density at radius 1 is 0.962 bits per heavy atom. The van der Waals surface area contributed by atoms with E-state index in [0.29, 0.717) is 16.7 Å². The molecule has 0 spiro atoms. The molecule has 0 aromatic heterocycles. The maximum Gasteiger partial charge on any atom is 0.120 e. The average Bonchev–Trinajstić information content (AvgIpc) is 2.66. The van der Waals surface area contributed by atoms with Gasteiger partial charge in [0.1, 0.15) is 12.4 Å². The number of aliphatic imine (C=N–C) groups is 1. The Kier molecular flexibility index (Phi) is 6.32. The smallest absolute Gasteiger partial charge is 0.120 e. The van der Waals surface area contributed by atoms with E-state index in [4.69, 9.17) is 27.9 Å². The Morgan fingerprint density at radius 3 is 2.54 bits per heavy atom. The van der Waals surface area contributed by atoms with Gasteiger partial charge < -0.3 is 4.74 Å². The van der Waals surface area contributed by atoms with Gasteiger partial charge in [0.05, 0.1) is 6.04 Å². The van der Waals surface area contributed by atoms with E-state index in [9.17, 15) is 0 Å². The third-order valence-electron chi connectivity index (χ3n) is 3.97. The molecule has 0 N–H and O–H groups in total. The van der Waals surface area contributed by atoms with Crippen LogP contribution >= 0.6 is 23.2 Å². The zero-order chi connectivity index (χ0) is 18.4. The SMILES string of the molecule is CC(/N=C/c1cccc(OCc2ccccc2)c1)c1ccc(Cl)cc1Cl. The lowest BCUT2D eigenvalue weighted by Crippen LogP contribution is -1.96. The molecule has 0 radical (unpaired) electrons. The minimum Gasteiger partial charge on any atom is -0.489 e. The first-order valence-corrected chi connectivity index (χ1v) is 9.12. The van der Waals surface area contributed by atoms with Crippen molar-refractivity contribution in [3.05, 3.63) is 99.5 Å². The Balaban J connectivity index is 1.66. The molecule has 0 amide bonds. The molecule has 26 heavy (non-hydrogen) atoms. The van der Waals surface area contributed by atoms with Crippen LogP contribution in [0.1, 0.15) is 29.7 Å². The molecule has 3 aromatic rings. The molecule has 4 heteroatoms. The number of rotatable bonds is 6. The normalized spacial score (nSPS) is 12.3. The predicted octanol–water partition coefficient (Wildman–Crippen LogP) is 6.75. The zero-order valence-corrected chi connectivity index (χ0v) is 15.9. The van der Waals surface area contributed by atoms with E-state index in [0.717, 1.165) is 22.4 Å². The zero-order valence-electron chi connectivity index (χ0n) is 14.4. The first-order valence-electron chi connectivity index (χ1n) is 8.37. The number of benzene rings is 3. The maximum atomic E-state index is 6.25. The van der Waals surface area contributed by atoms with Gasteiger partial charge in [-0.1, -0.05) is 71.7 Å². The van der Waals surface area contributed by atoms with Crippen LogP contribution in [0.15, 0.2) is 77.8 Å². The average molecular weight is 384 g/mol. The van der Waals surface area contributed by atoms with E-state index < -0.39 is 0 Å². The molecule has 0 saturated carbocycles. The van der Waals surface area contributed by atoms with Crippen LogP contribution in [0.2, 0.25) is 10.0 Å². The summed E-state index contributed by atoms with van der Waals surface area (Å²) in [5.74, 6) is 0.815. The summed E-state index contributed by atoms with van der Waals surface area (Å²) < 4.78 is 5.86. The number of halogens is 2. The summed E-state index contributed by atoms with van der Waals surface area (Å²) in [4.78, 5) is 4.61. The lowest BCUT2D eigenvalue weighted by atomic mass is 10.1. The molecule has 3 rings (SSSR count). The lowest BCUT2D eigenvalue weighted by Gasteiger charge is -2.10. The van der Waals surface area contributed by atoms with Gasteiger partial charge in [-0.25, -0.2) is 0 Å². The molecule has 2 nitrogen and oxygen atoms in total. The summed E-state index contributed by atoms with van der Waals surface area (Å²) >= 11 is 12.2. The van der Waals surface area contributed by atoms with E-state index in [2.05, 4.69) is 4.99 Å². The molecule has 0 aliphatic heterocycles. The number of hydrogen-bond donors (Lipinski definition) is 0. The molecule has 0 saturated heterocycles. The summed E-state index contributed by atoms with van der Waals surface area (Å²) in [6, 6.07) is 23.4. The molecular formula is C22H19Cl2NO. The van der Waals surface area contributed by atoms with Gasteiger partial charge in [0.2, 0.25) is 0 Å². The molecule has 0 bridgehead atoms. The van der Waals surface area contributed by atoms with Crippen molar-refractivity contribution in [2.75, 3.05) is 0 Å². The fourth-order valence-corrected chi connectivity index (χ4v) is 3.11. The van der Waals surface area contributed by atoms with Crippen molar-refractivity contribution in [2.24, 2.45) is 4.99 Å². The van der Waals surface area contributed by atoms with Crippen molar-refractivity contribution in [1.29, 1.82) is 0 Å². The van der Waals surface area contributed by atoms with Gasteiger partial charge in [-0.3, -0.25) is 4.99 Å². The van der Waals surface area contributed by atoms with E-state index >= 15 is 0 Å². The Hall–Kier alpha value is -2.29. The van der Waals surface area contributed by atoms with Crippen LogP contribution in [0.4, 0.5) is 0 Å². The molecule has 1 unspecified atom stereocenters. The van der Waals surface area contributed by atoms with Crippen molar-refractivity contribution in [2.45, 2.75) is 19.6 Å². The van der Waals surface area contributed by atoms with Gasteiger partial charge in [0.15, 0.2) is 0 Å². The highest BCUT2D eigenvalue weighted by Crippen LogP contribution is 2.28.